The fraction of sp³-hybridized carbons (Fsp3) is 0.0303. The largest absolute Gasteiger partial charge is 0.311 e. The molecule has 0 fully saturated rings. The van der Waals surface area contributed by atoms with Crippen molar-refractivity contribution in [3.05, 3.63) is 399 Å². The Balaban J connectivity index is 0.000000150. The zero-order valence-electron chi connectivity index (χ0n) is 56.3. The van der Waals surface area contributed by atoms with E-state index in [4.69, 9.17) is 0 Å². The maximum absolute atomic E-state index is 2.44. The predicted octanol–water partition coefficient (Wildman–Crippen LogP) is 27.8. The van der Waals surface area contributed by atoms with Crippen LogP contribution in [0.1, 0.15) is 25.0 Å². The molecule has 2 heteroatoms. The zero-order valence-corrected chi connectivity index (χ0v) is 56.3. The van der Waals surface area contributed by atoms with E-state index in [0.717, 1.165) is 34.1 Å². The van der Waals surface area contributed by atoms with Crippen molar-refractivity contribution < 1.29 is 0 Å². The molecule has 19 rings (SSSR count). The van der Waals surface area contributed by atoms with E-state index in [1.807, 2.05) is 0 Å². The van der Waals surface area contributed by atoms with Crippen molar-refractivity contribution in [2.75, 3.05) is 9.80 Å². The Morgan fingerprint density at radius 3 is 1.08 bits per heavy atom. The molecular weight excluding hydrogens is 1220 g/mol. The van der Waals surface area contributed by atoms with Gasteiger partial charge in [-0.3, -0.25) is 0 Å². The molecule has 0 radical (unpaired) electrons. The van der Waals surface area contributed by atoms with Crippen LogP contribution < -0.4 is 9.80 Å². The van der Waals surface area contributed by atoms with Gasteiger partial charge in [-0.1, -0.05) is 311 Å². The van der Waals surface area contributed by atoms with Crippen molar-refractivity contribution in [3.63, 3.8) is 0 Å². The van der Waals surface area contributed by atoms with Gasteiger partial charge in [0.15, 0.2) is 0 Å². The summed E-state index contributed by atoms with van der Waals surface area (Å²) in [5.41, 5.74) is 27.0. The van der Waals surface area contributed by atoms with Crippen molar-refractivity contribution in [1.82, 2.24) is 0 Å². The molecule has 0 amide bonds. The van der Waals surface area contributed by atoms with Crippen LogP contribution in [0.15, 0.2) is 388 Å². The Morgan fingerprint density at radius 1 is 0.198 bits per heavy atom. The highest BCUT2D eigenvalue weighted by Gasteiger charge is 2.40. The van der Waals surface area contributed by atoms with Gasteiger partial charge in [0.05, 0.1) is 0 Å². The Labute approximate surface area is 590 Å². The standard InChI is InChI=1S/C55H40N2.C44H30/c1-55(2)50-36-44(57(41-22-11-5-12-23-41)42-24-13-6-14-25-42)33-34-46(50)53-47-27-15-17-38-35-49(45-26-16-28-48(54(53)55)52(45)51(38)47)37-29-31-43(32-30-37)56(39-18-7-3-8-19-39)40-20-9-4-10-21-40;1-3-13-31(14-4-1)32-25-27-33(28-26-32)35-17-11-18-36(29-35)37-19-12-20-38(30-37)44-41-23-9-7-21-39(41)43(34-15-5-2-6-16-34)40-22-8-10-24-42(40)44/h3-36H,1-2H3;1-30H. The lowest BCUT2D eigenvalue weighted by Gasteiger charge is -2.28. The average Bonchev–Trinajstić information content (AvgIpc) is 1.60. The van der Waals surface area contributed by atoms with Crippen LogP contribution in [0, 0.1) is 0 Å². The van der Waals surface area contributed by atoms with Crippen LogP contribution in [-0.4, -0.2) is 0 Å². The van der Waals surface area contributed by atoms with Crippen molar-refractivity contribution >= 4 is 88.0 Å². The summed E-state index contributed by atoms with van der Waals surface area (Å²) >= 11 is 0. The van der Waals surface area contributed by atoms with Crippen LogP contribution >= 0.6 is 0 Å². The fourth-order valence-corrected chi connectivity index (χ4v) is 16.2. The van der Waals surface area contributed by atoms with Crippen LogP contribution in [0.25, 0.3) is 132 Å². The molecule has 0 unspecified atom stereocenters. The quantitative estimate of drug-likeness (QED) is 0.0889. The van der Waals surface area contributed by atoms with E-state index in [-0.39, 0.29) is 5.41 Å². The molecule has 0 atom stereocenters. The highest BCUT2D eigenvalue weighted by atomic mass is 15.1. The van der Waals surface area contributed by atoms with Crippen molar-refractivity contribution in [1.29, 1.82) is 0 Å². The molecule has 0 bridgehead atoms. The van der Waals surface area contributed by atoms with Crippen LogP contribution in [-0.2, 0) is 5.41 Å². The van der Waals surface area contributed by atoms with Crippen molar-refractivity contribution in [2.45, 2.75) is 19.3 Å². The second-order valence-corrected chi connectivity index (χ2v) is 27.0. The maximum Gasteiger partial charge on any atom is 0.0465 e. The van der Waals surface area contributed by atoms with Crippen LogP contribution in [0.4, 0.5) is 34.1 Å². The van der Waals surface area contributed by atoms with E-state index in [1.54, 1.807) is 0 Å². The number of para-hydroxylation sites is 4. The summed E-state index contributed by atoms with van der Waals surface area (Å²) in [6.45, 7) is 4.84. The number of fused-ring (bicyclic) bond motifs is 7. The van der Waals surface area contributed by atoms with E-state index in [0.29, 0.717) is 0 Å². The van der Waals surface area contributed by atoms with Gasteiger partial charge in [-0.15, -0.1) is 0 Å². The van der Waals surface area contributed by atoms with E-state index in [9.17, 15) is 0 Å². The van der Waals surface area contributed by atoms with E-state index in [2.05, 4.69) is 412 Å². The maximum atomic E-state index is 2.44. The van der Waals surface area contributed by atoms with Gasteiger partial charge >= 0.3 is 0 Å². The Bertz CT molecular complexity index is 5910. The highest BCUT2D eigenvalue weighted by molar-refractivity contribution is 6.31. The third kappa shape index (κ3) is 10.8. The summed E-state index contributed by atoms with van der Waals surface area (Å²) in [5, 5.41) is 13.0. The Kier molecular flexibility index (Phi) is 15.3. The number of hydrogen-bond donors (Lipinski definition) is 0. The van der Waals surface area contributed by atoms with Gasteiger partial charge in [0.25, 0.3) is 0 Å². The molecule has 18 aromatic carbocycles. The summed E-state index contributed by atoms with van der Waals surface area (Å²) in [5.74, 6) is 0. The molecule has 18 aromatic rings. The van der Waals surface area contributed by atoms with Gasteiger partial charge in [0, 0.05) is 39.5 Å². The van der Waals surface area contributed by atoms with Gasteiger partial charge in [0.1, 0.15) is 0 Å². The molecular formula is C99H70N2. The molecule has 0 saturated carbocycles. The molecule has 0 N–H and O–H groups in total. The topological polar surface area (TPSA) is 6.48 Å². The molecule has 476 valence electrons. The number of rotatable bonds is 12. The number of anilines is 6. The minimum absolute atomic E-state index is 0.232. The first-order valence-electron chi connectivity index (χ1n) is 35.0. The number of nitrogens with zero attached hydrogens (tertiary/aromatic N) is 2. The van der Waals surface area contributed by atoms with Gasteiger partial charge in [0.2, 0.25) is 0 Å². The summed E-state index contributed by atoms with van der Waals surface area (Å²) in [6.07, 6.45) is 0. The summed E-state index contributed by atoms with van der Waals surface area (Å²) in [7, 11) is 0. The summed E-state index contributed by atoms with van der Waals surface area (Å²) < 4.78 is 0. The number of benzene rings is 18. The lowest BCUT2D eigenvalue weighted by atomic mass is 9.77. The second-order valence-electron chi connectivity index (χ2n) is 27.0. The molecule has 1 aliphatic rings. The van der Waals surface area contributed by atoms with Gasteiger partial charge in [-0.05, 0) is 234 Å². The molecule has 0 aliphatic heterocycles. The first-order valence-corrected chi connectivity index (χ1v) is 35.0. The monoisotopic (exact) mass is 1290 g/mol. The number of hydrogen-bond acceptors (Lipinski definition) is 2. The van der Waals surface area contributed by atoms with Crippen LogP contribution in [0.3, 0.4) is 0 Å². The van der Waals surface area contributed by atoms with Crippen molar-refractivity contribution in [3.8, 4) is 77.9 Å². The Hall–Kier alpha value is -12.9. The predicted molar refractivity (Wildman–Crippen MR) is 431 cm³/mol. The molecule has 0 aromatic heterocycles. The lowest BCUT2D eigenvalue weighted by Crippen LogP contribution is -2.17. The molecule has 1 aliphatic carbocycles. The normalized spacial score (nSPS) is 12.1. The third-order valence-electron chi connectivity index (χ3n) is 20.8. The fourth-order valence-electron chi connectivity index (χ4n) is 16.2. The second kappa shape index (κ2) is 25.5. The van der Waals surface area contributed by atoms with E-state index < -0.39 is 0 Å². The average molecular weight is 1290 g/mol. The smallest absolute Gasteiger partial charge is 0.0465 e. The Morgan fingerprint density at radius 2 is 0.545 bits per heavy atom. The highest BCUT2D eigenvalue weighted by Crippen LogP contribution is 2.58. The molecule has 101 heavy (non-hydrogen) atoms. The van der Waals surface area contributed by atoms with E-state index >= 15 is 0 Å². The van der Waals surface area contributed by atoms with Gasteiger partial charge < -0.3 is 9.80 Å². The lowest BCUT2D eigenvalue weighted by molar-refractivity contribution is 0.666. The van der Waals surface area contributed by atoms with Crippen molar-refractivity contribution in [2.24, 2.45) is 0 Å². The third-order valence-corrected chi connectivity index (χ3v) is 20.8. The minimum Gasteiger partial charge on any atom is -0.311 e. The summed E-state index contributed by atoms with van der Waals surface area (Å²) in [4.78, 5) is 4.70. The SMILES string of the molecule is CC1(C)c2cc(N(c3ccccc3)c3ccccc3)ccc2-c2c1c1cccc3c(-c4ccc(N(c5ccccc5)c5ccccc5)cc4)cc4cccc2c4c31.c1ccc(-c2ccc(-c3cccc(-c4cccc(-c5c6ccccc6c(-c6ccccc6)c6ccccc56)c4)c3)cc2)cc1. The van der Waals surface area contributed by atoms with Crippen LogP contribution in [0.2, 0.25) is 0 Å². The molecule has 0 saturated heterocycles. The van der Waals surface area contributed by atoms with Crippen LogP contribution in [0.5, 0.6) is 0 Å². The van der Waals surface area contributed by atoms with E-state index in [1.165, 1.54) is 143 Å². The first-order chi connectivity index (χ1) is 49.9. The van der Waals surface area contributed by atoms with Gasteiger partial charge in [-0.2, -0.15) is 0 Å². The molecule has 0 heterocycles. The first kappa shape index (κ1) is 60.5. The zero-order chi connectivity index (χ0) is 67.4. The molecule has 0 spiro atoms. The molecule has 2 nitrogen and oxygen atoms in total. The summed E-state index contributed by atoms with van der Waals surface area (Å²) in [6, 6.07) is 141. The minimum atomic E-state index is -0.232. The van der Waals surface area contributed by atoms with Gasteiger partial charge in [-0.25, -0.2) is 0 Å².